The molecule has 5 heteroatoms. The van der Waals surface area contributed by atoms with Gasteiger partial charge in [-0.2, -0.15) is 5.26 Å². The van der Waals surface area contributed by atoms with Crippen molar-refractivity contribution in [3.8, 4) is 62.2 Å². The second-order valence-corrected chi connectivity index (χ2v) is 14.0. The Morgan fingerprint density at radius 3 is 1.78 bits per heavy atom. The number of hydrogen-bond acceptors (Lipinski definition) is 5. The summed E-state index contributed by atoms with van der Waals surface area (Å²) in [7, 11) is 0. The van der Waals surface area contributed by atoms with Gasteiger partial charge in [-0.1, -0.05) is 116 Å². The second-order valence-electron chi connectivity index (χ2n) is 14.0. The average Bonchev–Trinajstić information content (AvgIpc) is 3.82. The van der Waals surface area contributed by atoms with Crippen molar-refractivity contribution in [1.82, 2.24) is 9.97 Å². The highest BCUT2D eigenvalue weighted by molar-refractivity contribution is 6.12. The minimum absolute atomic E-state index is 0.597. The smallest absolute Gasteiger partial charge is 0.160 e. The lowest BCUT2D eigenvalue weighted by Crippen LogP contribution is -1.96. The first-order valence-corrected chi connectivity index (χ1v) is 18.6. The third kappa shape index (κ3) is 5.72. The summed E-state index contributed by atoms with van der Waals surface area (Å²) < 4.78 is 13.3. The number of hydrogen-bond donors (Lipinski definition) is 0. The molecule has 0 fully saturated rings. The zero-order valence-corrected chi connectivity index (χ0v) is 30.1. The van der Waals surface area contributed by atoms with E-state index in [0.717, 1.165) is 107 Å². The lowest BCUT2D eigenvalue weighted by Gasteiger charge is -2.13. The summed E-state index contributed by atoms with van der Waals surface area (Å²) in [6, 6.07) is 56.0. The molecule has 0 radical (unpaired) electrons. The molecule has 0 saturated carbocycles. The molecule has 55 heavy (non-hydrogen) atoms. The first-order valence-electron chi connectivity index (χ1n) is 18.6. The van der Waals surface area contributed by atoms with Crippen LogP contribution in [0.5, 0.6) is 0 Å². The van der Waals surface area contributed by atoms with Gasteiger partial charge in [0.25, 0.3) is 0 Å². The first-order chi connectivity index (χ1) is 27.1. The van der Waals surface area contributed by atoms with Crippen LogP contribution in [0.25, 0.3) is 100 Å². The number of fused-ring (bicyclic) bond motifs is 6. The Morgan fingerprint density at radius 2 is 1.09 bits per heavy atom. The molecule has 0 aliphatic heterocycles. The molecule has 260 valence electrons. The van der Waals surface area contributed by atoms with E-state index in [0.29, 0.717) is 11.4 Å². The molecule has 0 N–H and O–H groups in total. The molecule has 3 heterocycles. The standard InChI is InChI=1S/C50H33N3O2/c1-2-10-31-21-24-47-43(25-31)42-17-9-15-39(49(42)55-47)36-26-35(38-14-8-16-41-40-13-6-7-18-46(40)54-48(38)41)27-37(28-36)45-29-44(33-22-19-32(30-51)20-23-33)52-50(53-45)34-11-4-3-5-12-34/h3-9,11-29H,2,10H2,1H3. The molecule has 0 atom stereocenters. The third-order valence-corrected chi connectivity index (χ3v) is 10.4. The van der Waals surface area contributed by atoms with Gasteiger partial charge in [-0.3, -0.25) is 0 Å². The lowest BCUT2D eigenvalue weighted by molar-refractivity contribution is 0.669. The van der Waals surface area contributed by atoms with Gasteiger partial charge in [-0.05, 0) is 77.7 Å². The van der Waals surface area contributed by atoms with Crippen LogP contribution in [0.1, 0.15) is 24.5 Å². The Labute approximate surface area is 317 Å². The van der Waals surface area contributed by atoms with E-state index in [1.54, 1.807) is 0 Å². The molecule has 0 spiro atoms. The number of para-hydroxylation sites is 3. The van der Waals surface area contributed by atoms with Crippen LogP contribution in [0.4, 0.5) is 0 Å². The van der Waals surface area contributed by atoms with Crippen molar-refractivity contribution in [3.63, 3.8) is 0 Å². The highest BCUT2D eigenvalue weighted by atomic mass is 16.3. The molecular weight excluding hydrogens is 675 g/mol. The highest BCUT2D eigenvalue weighted by Gasteiger charge is 2.19. The van der Waals surface area contributed by atoms with Gasteiger partial charge in [0.05, 0.1) is 23.0 Å². The summed E-state index contributed by atoms with van der Waals surface area (Å²) in [6.45, 7) is 2.21. The van der Waals surface area contributed by atoms with Gasteiger partial charge in [0.1, 0.15) is 22.3 Å². The number of aromatic nitrogens is 2. The summed E-state index contributed by atoms with van der Waals surface area (Å²) in [6.07, 6.45) is 2.11. The van der Waals surface area contributed by atoms with Crippen molar-refractivity contribution in [1.29, 1.82) is 5.26 Å². The van der Waals surface area contributed by atoms with Crippen LogP contribution in [-0.2, 0) is 6.42 Å². The molecule has 7 aromatic carbocycles. The minimum atomic E-state index is 0.597. The highest BCUT2D eigenvalue weighted by Crippen LogP contribution is 2.42. The Kier molecular flexibility index (Phi) is 7.82. The number of aryl methyl sites for hydroxylation is 1. The normalized spacial score (nSPS) is 11.5. The predicted molar refractivity (Wildman–Crippen MR) is 222 cm³/mol. The third-order valence-electron chi connectivity index (χ3n) is 10.4. The quantitative estimate of drug-likeness (QED) is 0.165. The topological polar surface area (TPSA) is 75.8 Å². The predicted octanol–water partition coefficient (Wildman–Crippen LogP) is 13.4. The fourth-order valence-corrected chi connectivity index (χ4v) is 7.75. The van der Waals surface area contributed by atoms with Crippen molar-refractivity contribution in [3.05, 3.63) is 169 Å². The van der Waals surface area contributed by atoms with Crippen molar-refractivity contribution in [2.45, 2.75) is 19.8 Å². The zero-order chi connectivity index (χ0) is 36.9. The van der Waals surface area contributed by atoms with Crippen LogP contribution < -0.4 is 0 Å². The SMILES string of the molecule is CCCc1ccc2oc3c(-c4cc(-c5cc(-c6ccc(C#N)cc6)nc(-c6ccccc6)n5)cc(-c5cccc6c5oc5ccccc56)c4)cccc3c2c1. The molecular formula is C50H33N3O2. The summed E-state index contributed by atoms with van der Waals surface area (Å²) >= 11 is 0. The summed E-state index contributed by atoms with van der Waals surface area (Å²) in [5.74, 6) is 0.617. The van der Waals surface area contributed by atoms with Crippen LogP contribution in [-0.4, -0.2) is 9.97 Å². The number of nitriles is 1. The summed E-state index contributed by atoms with van der Waals surface area (Å²) in [5.41, 5.74) is 13.6. The van der Waals surface area contributed by atoms with Gasteiger partial charge in [0.15, 0.2) is 5.82 Å². The van der Waals surface area contributed by atoms with Gasteiger partial charge in [0.2, 0.25) is 0 Å². The average molecular weight is 708 g/mol. The molecule has 3 aromatic heterocycles. The fourth-order valence-electron chi connectivity index (χ4n) is 7.75. The number of nitrogens with zero attached hydrogens (tertiary/aromatic N) is 3. The Balaban J connectivity index is 1.24. The maximum absolute atomic E-state index is 9.48. The Bertz CT molecular complexity index is 3110. The molecule has 0 saturated heterocycles. The van der Waals surface area contributed by atoms with Gasteiger partial charge in [-0.15, -0.1) is 0 Å². The van der Waals surface area contributed by atoms with Crippen LogP contribution in [0.15, 0.2) is 167 Å². The first kappa shape index (κ1) is 32.4. The van der Waals surface area contributed by atoms with Crippen molar-refractivity contribution in [2.24, 2.45) is 0 Å². The second kappa shape index (κ2) is 13.3. The Morgan fingerprint density at radius 1 is 0.491 bits per heavy atom. The molecule has 10 aromatic rings. The Hall–Kier alpha value is -7.29. The molecule has 10 rings (SSSR count). The van der Waals surface area contributed by atoms with Crippen molar-refractivity contribution < 1.29 is 8.83 Å². The van der Waals surface area contributed by atoms with E-state index in [1.165, 1.54) is 5.56 Å². The van der Waals surface area contributed by atoms with E-state index in [9.17, 15) is 5.26 Å². The van der Waals surface area contributed by atoms with E-state index < -0.39 is 0 Å². The van der Waals surface area contributed by atoms with Crippen LogP contribution in [0.2, 0.25) is 0 Å². The maximum Gasteiger partial charge on any atom is 0.160 e. The van der Waals surface area contributed by atoms with Crippen LogP contribution in [0.3, 0.4) is 0 Å². The number of rotatable bonds is 7. The fraction of sp³-hybridized carbons (Fsp3) is 0.0600. The number of furan rings is 2. The molecule has 0 amide bonds. The minimum Gasteiger partial charge on any atom is -0.455 e. The van der Waals surface area contributed by atoms with E-state index in [2.05, 4.69) is 91.9 Å². The molecule has 5 nitrogen and oxygen atoms in total. The van der Waals surface area contributed by atoms with Crippen molar-refractivity contribution >= 4 is 43.9 Å². The van der Waals surface area contributed by atoms with Crippen molar-refractivity contribution in [2.75, 3.05) is 0 Å². The molecule has 0 aliphatic carbocycles. The van der Waals surface area contributed by atoms with E-state index >= 15 is 0 Å². The largest absolute Gasteiger partial charge is 0.455 e. The van der Waals surface area contributed by atoms with Crippen LogP contribution in [0, 0.1) is 11.3 Å². The molecule has 0 unspecified atom stereocenters. The van der Waals surface area contributed by atoms with Gasteiger partial charge < -0.3 is 8.83 Å². The molecule has 0 aliphatic rings. The summed E-state index contributed by atoms with van der Waals surface area (Å²) in [5, 5.41) is 13.9. The maximum atomic E-state index is 9.48. The molecule has 0 bridgehead atoms. The van der Waals surface area contributed by atoms with Gasteiger partial charge in [-0.25, -0.2) is 9.97 Å². The summed E-state index contributed by atoms with van der Waals surface area (Å²) in [4.78, 5) is 10.3. The van der Waals surface area contributed by atoms with Gasteiger partial charge in [0, 0.05) is 49.4 Å². The van der Waals surface area contributed by atoms with E-state index in [-0.39, 0.29) is 0 Å². The van der Waals surface area contributed by atoms with E-state index in [4.69, 9.17) is 18.8 Å². The number of benzene rings is 7. The lowest BCUT2D eigenvalue weighted by atomic mass is 9.93. The zero-order valence-electron chi connectivity index (χ0n) is 30.1. The van der Waals surface area contributed by atoms with Crippen LogP contribution >= 0.6 is 0 Å². The van der Waals surface area contributed by atoms with Gasteiger partial charge >= 0.3 is 0 Å². The monoisotopic (exact) mass is 707 g/mol. The van der Waals surface area contributed by atoms with E-state index in [1.807, 2.05) is 78.9 Å².